The van der Waals surface area contributed by atoms with E-state index in [0.29, 0.717) is 6.54 Å². The molecule has 0 amide bonds. The molecular formula is C26H24NO2+. The molecule has 1 heterocycles. The topological polar surface area (TPSA) is 44.3 Å². The highest BCUT2D eigenvalue weighted by atomic mass is 16.3. The van der Waals surface area contributed by atoms with Gasteiger partial charge >= 0.3 is 0 Å². The molecular weight excluding hydrogens is 358 g/mol. The van der Waals surface area contributed by atoms with Crippen LogP contribution in [0.4, 0.5) is 0 Å². The van der Waals surface area contributed by atoms with Gasteiger partial charge in [0.1, 0.15) is 6.10 Å². The Balaban J connectivity index is 2.00. The average molecular weight is 382 g/mol. The van der Waals surface area contributed by atoms with Crippen LogP contribution in [0.25, 0.3) is 33.6 Å². The van der Waals surface area contributed by atoms with Crippen LogP contribution >= 0.6 is 0 Å². The minimum absolute atomic E-state index is 0.282. The molecule has 1 unspecified atom stereocenters. The summed E-state index contributed by atoms with van der Waals surface area (Å²) < 4.78 is 2.10. The molecule has 0 aliphatic rings. The van der Waals surface area contributed by atoms with Gasteiger partial charge in [0.2, 0.25) is 11.4 Å². The van der Waals surface area contributed by atoms with E-state index in [-0.39, 0.29) is 6.61 Å². The van der Waals surface area contributed by atoms with Crippen LogP contribution in [0.5, 0.6) is 0 Å². The number of hydrogen-bond donors (Lipinski definition) is 2. The van der Waals surface area contributed by atoms with E-state index in [9.17, 15) is 10.2 Å². The Morgan fingerprint density at radius 2 is 1.00 bits per heavy atom. The minimum Gasteiger partial charge on any atom is -0.393 e. The second-order valence-corrected chi connectivity index (χ2v) is 7.06. The highest BCUT2D eigenvalue weighted by Crippen LogP contribution is 2.29. The number of hydrogen-bond acceptors (Lipinski definition) is 2. The van der Waals surface area contributed by atoms with Gasteiger partial charge in [-0.1, -0.05) is 66.7 Å². The highest BCUT2D eigenvalue weighted by Gasteiger charge is 2.24. The number of rotatable bonds is 6. The van der Waals surface area contributed by atoms with Gasteiger partial charge in [-0.15, -0.1) is 0 Å². The lowest BCUT2D eigenvalue weighted by Gasteiger charge is -2.14. The molecule has 0 aliphatic carbocycles. The lowest BCUT2D eigenvalue weighted by Crippen LogP contribution is -2.45. The van der Waals surface area contributed by atoms with Crippen molar-refractivity contribution in [1.82, 2.24) is 0 Å². The van der Waals surface area contributed by atoms with Gasteiger partial charge < -0.3 is 10.2 Å². The van der Waals surface area contributed by atoms with E-state index >= 15 is 0 Å². The summed E-state index contributed by atoms with van der Waals surface area (Å²) in [5, 5.41) is 19.8. The fourth-order valence-electron chi connectivity index (χ4n) is 3.58. The lowest BCUT2D eigenvalue weighted by molar-refractivity contribution is -0.682. The first-order chi connectivity index (χ1) is 14.3. The molecule has 1 atom stereocenters. The summed E-state index contributed by atoms with van der Waals surface area (Å²) in [6.45, 7) is 0.0237. The zero-order chi connectivity index (χ0) is 20.1. The molecule has 4 aromatic rings. The van der Waals surface area contributed by atoms with E-state index in [2.05, 4.69) is 53.1 Å². The first-order valence-electron chi connectivity index (χ1n) is 9.79. The highest BCUT2D eigenvalue weighted by molar-refractivity contribution is 5.73. The first-order valence-corrected chi connectivity index (χ1v) is 9.79. The van der Waals surface area contributed by atoms with E-state index in [0.717, 1.165) is 33.6 Å². The second kappa shape index (κ2) is 8.82. The summed E-state index contributed by atoms with van der Waals surface area (Å²) in [6.07, 6.45) is -0.840. The molecule has 29 heavy (non-hydrogen) atoms. The summed E-state index contributed by atoms with van der Waals surface area (Å²) in [4.78, 5) is 0. The molecule has 3 heteroatoms. The Morgan fingerprint density at radius 1 is 0.586 bits per heavy atom. The number of aliphatic hydroxyl groups excluding tert-OH is 2. The third-order valence-corrected chi connectivity index (χ3v) is 5.02. The van der Waals surface area contributed by atoms with Crippen molar-refractivity contribution < 1.29 is 14.8 Å². The van der Waals surface area contributed by atoms with Crippen molar-refractivity contribution in [2.45, 2.75) is 12.6 Å². The molecule has 0 radical (unpaired) electrons. The van der Waals surface area contributed by atoms with Crippen molar-refractivity contribution in [3.8, 4) is 33.6 Å². The number of benzene rings is 3. The van der Waals surface area contributed by atoms with Crippen molar-refractivity contribution >= 4 is 0 Å². The van der Waals surface area contributed by atoms with E-state index in [4.69, 9.17) is 0 Å². The smallest absolute Gasteiger partial charge is 0.213 e. The zero-order valence-corrected chi connectivity index (χ0v) is 16.1. The van der Waals surface area contributed by atoms with Crippen LogP contribution in [-0.2, 0) is 6.54 Å². The van der Waals surface area contributed by atoms with Crippen LogP contribution in [0.15, 0.2) is 103 Å². The first kappa shape index (κ1) is 19.1. The lowest BCUT2D eigenvalue weighted by atomic mass is 9.99. The van der Waals surface area contributed by atoms with Crippen LogP contribution in [0.1, 0.15) is 0 Å². The van der Waals surface area contributed by atoms with Gasteiger partial charge in [-0.2, -0.15) is 4.57 Å². The van der Waals surface area contributed by atoms with Gasteiger partial charge in [-0.3, -0.25) is 0 Å². The molecule has 0 saturated carbocycles. The fourth-order valence-corrected chi connectivity index (χ4v) is 3.58. The molecule has 3 nitrogen and oxygen atoms in total. The van der Waals surface area contributed by atoms with Crippen LogP contribution < -0.4 is 4.57 Å². The minimum atomic E-state index is -0.840. The third-order valence-electron chi connectivity index (χ3n) is 5.02. The van der Waals surface area contributed by atoms with Crippen LogP contribution in [0, 0.1) is 0 Å². The third kappa shape index (κ3) is 4.27. The summed E-state index contributed by atoms with van der Waals surface area (Å²) in [5.41, 5.74) is 6.37. The Labute approximate surface area is 171 Å². The molecule has 0 bridgehead atoms. The Morgan fingerprint density at radius 3 is 1.41 bits per heavy atom. The Bertz CT molecular complexity index is 1000. The normalized spacial score (nSPS) is 11.9. The largest absolute Gasteiger partial charge is 0.393 e. The van der Waals surface area contributed by atoms with Crippen LogP contribution in [0.3, 0.4) is 0 Å². The van der Waals surface area contributed by atoms with Crippen molar-refractivity contribution in [3.05, 3.63) is 103 Å². The monoisotopic (exact) mass is 382 g/mol. The molecule has 144 valence electrons. The molecule has 0 fully saturated rings. The van der Waals surface area contributed by atoms with Gasteiger partial charge in [0.25, 0.3) is 0 Å². The average Bonchev–Trinajstić information content (AvgIpc) is 2.80. The van der Waals surface area contributed by atoms with Crippen molar-refractivity contribution in [2.75, 3.05) is 6.61 Å². The summed E-state index contributed by atoms with van der Waals surface area (Å²) in [5.74, 6) is 0. The molecule has 3 aromatic carbocycles. The standard InChI is InChI=1S/C26H24NO2/c28-19-24(29)18-27-25(21-12-6-2-7-13-21)16-23(20-10-4-1-5-11-20)17-26(27)22-14-8-3-9-15-22/h1-17,24,28-29H,18-19H2/q+1. The van der Waals surface area contributed by atoms with Crippen LogP contribution in [-0.4, -0.2) is 22.9 Å². The predicted octanol–water partition coefficient (Wildman–Crippen LogP) is 4.33. The van der Waals surface area contributed by atoms with Gasteiger partial charge in [0.15, 0.2) is 6.54 Å². The van der Waals surface area contributed by atoms with Crippen molar-refractivity contribution in [1.29, 1.82) is 0 Å². The number of pyridine rings is 1. The number of aromatic nitrogens is 1. The van der Waals surface area contributed by atoms with Gasteiger partial charge in [-0.05, 0) is 35.4 Å². The maximum absolute atomic E-state index is 10.3. The summed E-state index contributed by atoms with van der Waals surface area (Å²) in [7, 11) is 0. The van der Waals surface area contributed by atoms with Gasteiger partial charge in [-0.25, -0.2) is 0 Å². The predicted molar refractivity (Wildman–Crippen MR) is 116 cm³/mol. The van der Waals surface area contributed by atoms with E-state index in [1.807, 2.05) is 54.6 Å². The molecule has 0 saturated heterocycles. The van der Waals surface area contributed by atoms with Crippen LogP contribution in [0.2, 0.25) is 0 Å². The van der Waals surface area contributed by atoms with Gasteiger partial charge in [0.05, 0.1) is 6.61 Å². The van der Waals surface area contributed by atoms with E-state index < -0.39 is 6.10 Å². The zero-order valence-electron chi connectivity index (χ0n) is 16.1. The number of aliphatic hydroxyl groups is 2. The van der Waals surface area contributed by atoms with Crippen molar-refractivity contribution in [3.63, 3.8) is 0 Å². The molecule has 0 aliphatic heterocycles. The SMILES string of the molecule is OCC(O)C[n+]1c(-c2ccccc2)cc(-c2ccccc2)cc1-c1ccccc1. The molecule has 1 aromatic heterocycles. The maximum atomic E-state index is 10.3. The van der Waals surface area contributed by atoms with Gasteiger partial charge in [0, 0.05) is 23.3 Å². The summed E-state index contributed by atoms with van der Waals surface area (Å²) in [6, 6.07) is 34.9. The molecule has 4 rings (SSSR count). The Kier molecular flexibility index (Phi) is 5.80. The maximum Gasteiger partial charge on any atom is 0.213 e. The summed E-state index contributed by atoms with van der Waals surface area (Å²) >= 11 is 0. The molecule has 0 spiro atoms. The fraction of sp³-hybridized carbons (Fsp3) is 0.115. The Hall–Kier alpha value is -3.27. The van der Waals surface area contributed by atoms with Crippen molar-refractivity contribution in [2.24, 2.45) is 0 Å². The second-order valence-electron chi connectivity index (χ2n) is 7.06. The quantitative estimate of drug-likeness (QED) is 0.488. The van der Waals surface area contributed by atoms with E-state index in [1.165, 1.54) is 0 Å². The van der Waals surface area contributed by atoms with E-state index in [1.54, 1.807) is 0 Å². The number of nitrogens with zero attached hydrogens (tertiary/aromatic N) is 1. The molecule has 2 N–H and O–H groups in total.